The summed E-state index contributed by atoms with van der Waals surface area (Å²) >= 11 is 0. The third-order valence-corrected chi connectivity index (χ3v) is 4.44. The van der Waals surface area contributed by atoms with Crippen LogP contribution in [-0.4, -0.2) is 38.3 Å². The largest absolute Gasteiger partial charge is 0.376 e. The van der Waals surface area contributed by atoms with Crippen molar-refractivity contribution in [3.05, 3.63) is 35.9 Å². The number of likely N-dealkylation sites (N-methyl/N-ethyl adjacent to an activating group) is 1. The van der Waals surface area contributed by atoms with Crippen molar-refractivity contribution in [1.82, 2.24) is 0 Å². The molecule has 2 nitrogen and oxygen atoms in total. The number of unbranched alkanes of at least 4 members (excludes halogenated alkanes) is 7. The molecule has 1 aromatic carbocycles. The van der Waals surface area contributed by atoms with E-state index in [4.69, 9.17) is 4.74 Å². The van der Waals surface area contributed by atoms with Crippen LogP contribution in [0, 0.1) is 0 Å². The summed E-state index contributed by atoms with van der Waals surface area (Å²) in [4.78, 5) is 0. The lowest BCUT2D eigenvalue weighted by Gasteiger charge is -2.29. The molecule has 0 amide bonds. The van der Waals surface area contributed by atoms with Crippen molar-refractivity contribution in [3.63, 3.8) is 0 Å². The van der Waals surface area contributed by atoms with Crippen LogP contribution in [0.4, 0.5) is 0 Å². The highest BCUT2D eigenvalue weighted by Gasteiger charge is 2.15. The molecular formula is C21H38NO+. The molecule has 1 aromatic rings. The fourth-order valence-electron chi connectivity index (χ4n) is 2.91. The van der Waals surface area contributed by atoms with Gasteiger partial charge in [-0.1, -0.05) is 82.2 Å². The number of hydrogen-bond donors (Lipinski definition) is 0. The summed E-state index contributed by atoms with van der Waals surface area (Å²) in [6.07, 6.45) is 10.9. The maximum atomic E-state index is 5.84. The van der Waals surface area contributed by atoms with Gasteiger partial charge in [0, 0.05) is 12.2 Å². The van der Waals surface area contributed by atoms with E-state index in [0.717, 1.165) is 30.8 Å². The average Bonchev–Trinajstić information content (AvgIpc) is 2.53. The Morgan fingerprint density at radius 2 is 1.39 bits per heavy atom. The Morgan fingerprint density at radius 1 is 0.783 bits per heavy atom. The summed E-state index contributed by atoms with van der Waals surface area (Å²) in [6.45, 7) is 6.22. The molecule has 0 saturated heterocycles. The fourth-order valence-corrected chi connectivity index (χ4v) is 2.91. The van der Waals surface area contributed by atoms with Gasteiger partial charge in [0.15, 0.2) is 0 Å². The Labute approximate surface area is 144 Å². The molecular weight excluding hydrogens is 282 g/mol. The molecule has 0 N–H and O–H groups in total. The minimum absolute atomic E-state index is 0.871. The molecule has 132 valence electrons. The molecule has 0 atom stereocenters. The molecule has 0 aromatic heterocycles. The summed E-state index contributed by atoms with van der Waals surface area (Å²) in [6, 6.07) is 10.7. The van der Waals surface area contributed by atoms with E-state index in [0.29, 0.717) is 0 Å². The van der Waals surface area contributed by atoms with Crippen LogP contribution in [0.3, 0.4) is 0 Å². The first kappa shape index (κ1) is 20.2. The molecule has 0 fully saturated rings. The Balaban J connectivity index is 1.95. The van der Waals surface area contributed by atoms with Gasteiger partial charge in [-0.3, -0.25) is 0 Å². The van der Waals surface area contributed by atoms with E-state index < -0.39 is 0 Å². The Kier molecular flexibility index (Phi) is 11.0. The van der Waals surface area contributed by atoms with Gasteiger partial charge in [0.1, 0.15) is 13.1 Å². The zero-order valence-electron chi connectivity index (χ0n) is 15.7. The van der Waals surface area contributed by atoms with Crippen LogP contribution in [0.15, 0.2) is 30.3 Å². The molecule has 0 bridgehead atoms. The number of hydrogen-bond acceptors (Lipinski definition) is 1. The number of ether oxygens (including phenoxy) is 1. The van der Waals surface area contributed by atoms with Gasteiger partial charge in [0.05, 0.1) is 20.7 Å². The van der Waals surface area contributed by atoms with Gasteiger partial charge in [-0.05, 0) is 6.42 Å². The molecule has 0 aliphatic carbocycles. The van der Waals surface area contributed by atoms with Gasteiger partial charge in [-0.15, -0.1) is 0 Å². The fraction of sp³-hybridized carbons (Fsp3) is 0.714. The Bertz CT molecular complexity index is 375. The van der Waals surface area contributed by atoms with Gasteiger partial charge in [-0.25, -0.2) is 0 Å². The second kappa shape index (κ2) is 12.5. The van der Waals surface area contributed by atoms with Crippen LogP contribution in [0.1, 0.15) is 63.9 Å². The Hall–Kier alpha value is -0.860. The van der Waals surface area contributed by atoms with Crippen LogP contribution in [0.25, 0.3) is 0 Å². The minimum Gasteiger partial charge on any atom is -0.376 e. The summed E-state index contributed by atoms with van der Waals surface area (Å²) in [7, 11) is 4.57. The van der Waals surface area contributed by atoms with Crippen molar-refractivity contribution in [2.45, 2.75) is 64.8 Å². The van der Waals surface area contributed by atoms with E-state index in [1.807, 2.05) is 0 Å². The van der Waals surface area contributed by atoms with Crippen molar-refractivity contribution < 1.29 is 9.22 Å². The smallest absolute Gasteiger partial charge is 0.104 e. The van der Waals surface area contributed by atoms with Crippen LogP contribution < -0.4 is 0 Å². The van der Waals surface area contributed by atoms with E-state index in [1.165, 1.54) is 56.9 Å². The molecule has 0 heterocycles. The van der Waals surface area contributed by atoms with Crippen LogP contribution in [0.5, 0.6) is 0 Å². The van der Waals surface area contributed by atoms with Gasteiger partial charge < -0.3 is 9.22 Å². The molecule has 0 saturated carbocycles. The third kappa shape index (κ3) is 11.3. The topological polar surface area (TPSA) is 9.23 Å². The molecule has 0 unspecified atom stereocenters. The predicted octanol–water partition coefficient (Wildman–Crippen LogP) is 5.42. The van der Waals surface area contributed by atoms with E-state index in [9.17, 15) is 0 Å². The van der Waals surface area contributed by atoms with Gasteiger partial charge in [0.2, 0.25) is 0 Å². The quantitative estimate of drug-likeness (QED) is 0.328. The van der Waals surface area contributed by atoms with Crippen molar-refractivity contribution in [2.75, 3.05) is 33.9 Å². The van der Waals surface area contributed by atoms with E-state index in [2.05, 4.69) is 51.4 Å². The summed E-state index contributed by atoms with van der Waals surface area (Å²) in [5.41, 5.74) is 1.40. The first-order valence-corrected chi connectivity index (χ1v) is 9.58. The highest BCUT2D eigenvalue weighted by atomic mass is 16.5. The van der Waals surface area contributed by atoms with E-state index >= 15 is 0 Å². The average molecular weight is 321 g/mol. The molecule has 0 radical (unpaired) electrons. The highest BCUT2D eigenvalue weighted by molar-refractivity contribution is 5.13. The van der Waals surface area contributed by atoms with Crippen molar-refractivity contribution in [3.8, 4) is 0 Å². The molecule has 0 aliphatic heterocycles. The lowest BCUT2D eigenvalue weighted by molar-refractivity contribution is -0.904. The minimum atomic E-state index is 0.871. The normalized spacial score (nSPS) is 11.8. The monoisotopic (exact) mass is 320 g/mol. The second-order valence-corrected chi connectivity index (χ2v) is 7.39. The molecule has 23 heavy (non-hydrogen) atoms. The Morgan fingerprint density at radius 3 is 2.04 bits per heavy atom. The van der Waals surface area contributed by atoms with E-state index in [1.54, 1.807) is 0 Å². The van der Waals surface area contributed by atoms with Crippen LogP contribution in [0.2, 0.25) is 0 Å². The van der Waals surface area contributed by atoms with Crippen LogP contribution in [-0.2, 0) is 11.3 Å². The lowest BCUT2D eigenvalue weighted by atomic mass is 10.1. The lowest BCUT2D eigenvalue weighted by Crippen LogP contribution is -2.41. The number of benzene rings is 1. The highest BCUT2D eigenvalue weighted by Crippen LogP contribution is 2.10. The molecule has 1 rings (SSSR count). The molecule has 0 aliphatic rings. The maximum absolute atomic E-state index is 5.84. The van der Waals surface area contributed by atoms with Crippen molar-refractivity contribution in [2.24, 2.45) is 0 Å². The third-order valence-electron chi connectivity index (χ3n) is 4.44. The summed E-state index contributed by atoms with van der Waals surface area (Å²) in [5, 5.41) is 0. The predicted molar refractivity (Wildman–Crippen MR) is 101 cm³/mol. The van der Waals surface area contributed by atoms with Gasteiger partial charge in [-0.2, -0.15) is 0 Å². The zero-order valence-corrected chi connectivity index (χ0v) is 15.7. The molecule has 2 heteroatoms. The summed E-state index contributed by atoms with van der Waals surface area (Å²) in [5.74, 6) is 0. The second-order valence-electron chi connectivity index (χ2n) is 7.39. The van der Waals surface area contributed by atoms with Crippen molar-refractivity contribution in [1.29, 1.82) is 0 Å². The van der Waals surface area contributed by atoms with E-state index in [-0.39, 0.29) is 0 Å². The standard InChI is InChI=1S/C21H38NO/c1-4-5-6-7-8-9-10-14-18-23-19-17-22(2,3)20-21-15-12-11-13-16-21/h11-13,15-16H,4-10,14,17-20H2,1-3H3/q+1. The maximum Gasteiger partial charge on any atom is 0.104 e. The van der Waals surface area contributed by atoms with Gasteiger partial charge in [0.25, 0.3) is 0 Å². The van der Waals surface area contributed by atoms with Crippen LogP contribution >= 0.6 is 0 Å². The molecule has 0 spiro atoms. The van der Waals surface area contributed by atoms with Gasteiger partial charge >= 0.3 is 0 Å². The zero-order chi connectivity index (χ0) is 16.8. The SMILES string of the molecule is CCCCCCCCCCOCC[N+](C)(C)Cc1ccccc1. The van der Waals surface area contributed by atoms with Crippen molar-refractivity contribution >= 4 is 0 Å². The number of rotatable bonds is 14. The first-order valence-electron chi connectivity index (χ1n) is 9.58. The first-order chi connectivity index (χ1) is 11.1. The summed E-state index contributed by atoms with van der Waals surface area (Å²) < 4.78 is 6.82. The number of quaternary nitrogens is 1. The number of nitrogens with zero attached hydrogens (tertiary/aromatic N) is 1.